The quantitative estimate of drug-likeness (QED) is 0.696. The first kappa shape index (κ1) is 14.3. The van der Waals surface area contributed by atoms with Crippen LogP contribution in [0, 0.1) is 0 Å². The van der Waals surface area contributed by atoms with Gasteiger partial charge < -0.3 is 16.4 Å². The first-order chi connectivity index (χ1) is 8.81. The number of nitrogens with two attached hydrogens (primary N) is 1. The van der Waals surface area contributed by atoms with Crippen molar-refractivity contribution in [2.75, 3.05) is 13.1 Å². The average Bonchev–Trinajstić information content (AvgIpc) is 2.82. The molecule has 4 N–H and O–H groups in total. The summed E-state index contributed by atoms with van der Waals surface area (Å²) in [7, 11) is 0. The lowest BCUT2D eigenvalue weighted by Gasteiger charge is -2.18. The minimum Gasteiger partial charge on any atom is -0.371 e. The molecule has 1 aromatic carbocycles. The van der Waals surface area contributed by atoms with Crippen LogP contribution in [0.25, 0.3) is 0 Å². The lowest BCUT2D eigenvalue weighted by atomic mass is 10.1. The Hall–Kier alpha value is -1.74. The lowest BCUT2D eigenvalue weighted by Crippen LogP contribution is -2.31. The number of hydrogen-bond donors (Lipinski definition) is 3. The van der Waals surface area contributed by atoms with Crippen molar-refractivity contribution in [1.82, 2.24) is 10.6 Å². The van der Waals surface area contributed by atoms with Crippen LogP contribution in [0.5, 0.6) is 0 Å². The summed E-state index contributed by atoms with van der Waals surface area (Å²) in [6, 6.07) is 8.98. The zero-order valence-corrected chi connectivity index (χ0v) is 10.9. The summed E-state index contributed by atoms with van der Waals surface area (Å²) in [6.45, 7) is 11.3. The summed E-state index contributed by atoms with van der Waals surface area (Å²) >= 11 is 0. The second kappa shape index (κ2) is 7.56. The van der Waals surface area contributed by atoms with E-state index in [0.29, 0.717) is 12.6 Å². The Morgan fingerprint density at radius 2 is 2.06 bits per heavy atom. The van der Waals surface area contributed by atoms with Gasteiger partial charge in [-0.05, 0) is 24.0 Å². The van der Waals surface area contributed by atoms with E-state index in [1.165, 1.54) is 11.1 Å². The van der Waals surface area contributed by atoms with Gasteiger partial charge in [-0.3, -0.25) is 0 Å². The molecule has 0 amide bonds. The predicted molar refractivity (Wildman–Crippen MR) is 78.1 cm³/mol. The number of benzene rings is 1. The Morgan fingerprint density at radius 1 is 1.33 bits per heavy atom. The average molecular weight is 245 g/mol. The van der Waals surface area contributed by atoms with Gasteiger partial charge in [0.2, 0.25) is 0 Å². The van der Waals surface area contributed by atoms with Gasteiger partial charge in [0.15, 0.2) is 0 Å². The SMILES string of the molecule is C=C.C=C(NCCN)NC1CCc2ccccc21. The van der Waals surface area contributed by atoms with Crippen molar-refractivity contribution in [3.05, 3.63) is 61.0 Å². The van der Waals surface area contributed by atoms with Gasteiger partial charge >= 0.3 is 0 Å². The zero-order valence-electron chi connectivity index (χ0n) is 10.9. The number of nitrogens with one attached hydrogen (secondary N) is 2. The van der Waals surface area contributed by atoms with Gasteiger partial charge in [0, 0.05) is 13.1 Å². The van der Waals surface area contributed by atoms with Gasteiger partial charge in [-0.2, -0.15) is 0 Å². The van der Waals surface area contributed by atoms with E-state index < -0.39 is 0 Å². The number of aryl methyl sites for hydroxylation is 1. The van der Waals surface area contributed by atoms with Crippen molar-refractivity contribution in [2.45, 2.75) is 18.9 Å². The van der Waals surface area contributed by atoms with Crippen LogP contribution in [0.4, 0.5) is 0 Å². The van der Waals surface area contributed by atoms with E-state index >= 15 is 0 Å². The second-order valence-electron chi connectivity index (χ2n) is 4.13. The van der Waals surface area contributed by atoms with Crippen molar-refractivity contribution >= 4 is 0 Å². The lowest BCUT2D eigenvalue weighted by molar-refractivity contribution is 0.558. The first-order valence-electron chi connectivity index (χ1n) is 6.28. The summed E-state index contributed by atoms with van der Waals surface area (Å²) in [5.41, 5.74) is 8.28. The molecule has 98 valence electrons. The fourth-order valence-corrected chi connectivity index (χ4v) is 2.19. The Kier molecular flexibility index (Phi) is 6.01. The molecule has 0 spiro atoms. The molecule has 18 heavy (non-hydrogen) atoms. The van der Waals surface area contributed by atoms with E-state index in [-0.39, 0.29) is 0 Å². The fraction of sp³-hybridized carbons (Fsp3) is 0.333. The maximum absolute atomic E-state index is 5.43. The van der Waals surface area contributed by atoms with Gasteiger partial charge in [0.25, 0.3) is 0 Å². The maximum atomic E-state index is 5.43. The molecule has 0 saturated heterocycles. The third kappa shape index (κ3) is 3.64. The fourth-order valence-electron chi connectivity index (χ4n) is 2.19. The predicted octanol–water partition coefficient (Wildman–Crippen LogP) is 2.09. The summed E-state index contributed by atoms with van der Waals surface area (Å²) < 4.78 is 0. The molecule has 0 fully saturated rings. The van der Waals surface area contributed by atoms with Crippen LogP contribution in [0.1, 0.15) is 23.6 Å². The molecule has 0 aliphatic heterocycles. The van der Waals surface area contributed by atoms with Crippen LogP contribution < -0.4 is 16.4 Å². The highest BCUT2D eigenvalue weighted by atomic mass is 15.1. The molecular formula is C15H23N3. The van der Waals surface area contributed by atoms with Gasteiger partial charge in [-0.25, -0.2) is 0 Å². The third-order valence-corrected chi connectivity index (χ3v) is 2.96. The molecule has 0 saturated carbocycles. The Labute approximate surface area is 110 Å². The summed E-state index contributed by atoms with van der Waals surface area (Å²) in [4.78, 5) is 0. The highest BCUT2D eigenvalue weighted by Gasteiger charge is 2.21. The van der Waals surface area contributed by atoms with Gasteiger partial charge in [0.1, 0.15) is 0 Å². The zero-order chi connectivity index (χ0) is 13.4. The van der Waals surface area contributed by atoms with Crippen LogP contribution in [-0.2, 0) is 6.42 Å². The van der Waals surface area contributed by atoms with Crippen LogP contribution in [0.15, 0.2) is 49.8 Å². The van der Waals surface area contributed by atoms with E-state index in [1.807, 2.05) is 0 Å². The molecule has 1 aliphatic carbocycles. The topological polar surface area (TPSA) is 50.1 Å². The minimum atomic E-state index is 0.397. The molecule has 0 radical (unpaired) electrons. The van der Waals surface area contributed by atoms with Crippen LogP contribution >= 0.6 is 0 Å². The van der Waals surface area contributed by atoms with E-state index in [9.17, 15) is 0 Å². The van der Waals surface area contributed by atoms with E-state index in [1.54, 1.807) is 0 Å². The van der Waals surface area contributed by atoms with E-state index in [0.717, 1.165) is 25.2 Å². The largest absolute Gasteiger partial charge is 0.371 e. The van der Waals surface area contributed by atoms with Gasteiger partial charge in [0.05, 0.1) is 11.9 Å². The Balaban J connectivity index is 0.000000771. The molecule has 2 rings (SSSR count). The highest BCUT2D eigenvalue weighted by molar-refractivity contribution is 5.34. The number of hydrogen-bond acceptors (Lipinski definition) is 3. The first-order valence-corrected chi connectivity index (χ1v) is 6.28. The molecule has 0 aromatic heterocycles. The van der Waals surface area contributed by atoms with E-state index in [2.05, 4.69) is 54.6 Å². The van der Waals surface area contributed by atoms with Crippen LogP contribution in [-0.4, -0.2) is 13.1 Å². The molecule has 3 heteroatoms. The van der Waals surface area contributed by atoms with Crippen molar-refractivity contribution < 1.29 is 0 Å². The number of rotatable bonds is 5. The Morgan fingerprint density at radius 3 is 2.78 bits per heavy atom. The Bertz CT molecular complexity index is 387. The van der Waals surface area contributed by atoms with Crippen molar-refractivity contribution in [3.8, 4) is 0 Å². The normalized spacial score (nSPS) is 16.2. The van der Waals surface area contributed by atoms with Gasteiger partial charge in [-0.1, -0.05) is 30.8 Å². The second-order valence-corrected chi connectivity index (χ2v) is 4.13. The van der Waals surface area contributed by atoms with E-state index in [4.69, 9.17) is 5.73 Å². The summed E-state index contributed by atoms with van der Waals surface area (Å²) in [6.07, 6.45) is 2.29. The van der Waals surface area contributed by atoms with Crippen molar-refractivity contribution in [2.24, 2.45) is 5.73 Å². The van der Waals surface area contributed by atoms with Crippen molar-refractivity contribution in [3.63, 3.8) is 0 Å². The number of fused-ring (bicyclic) bond motifs is 1. The molecule has 0 heterocycles. The maximum Gasteiger partial charge on any atom is 0.0917 e. The minimum absolute atomic E-state index is 0.397. The molecule has 1 aromatic rings. The standard InChI is InChI=1S/C13H19N3.C2H4/c1-10(15-9-8-14)16-13-7-6-11-4-2-3-5-12(11)13;1-2/h2-5,13,15-16H,1,6-9,14H2;1-2H2. The molecule has 0 bridgehead atoms. The van der Waals surface area contributed by atoms with Crippen LogP contribution in [0.3, 0.4) is 0 Å². The highest BCUT2D eigenvalue weighted by Crippen LogP contribution is 2.30. The van der Waals surface area contributed by atoms with Gasteiger partial charge in [-0.15, -0.1) is 13.2 Å². The third-order valence-electron chi connectivity index (χ3n) is 2.96. The molecular weight excluding hydrogens is 222 g/mol. The van der Waals surface area contributed by atoms with Crippen molar-refractivity contribution in [1.29, 1.82) is 0 Å². The molecule has 3 nitrogen and oxygen atoms in total. The summed E-state index contributed by atoms with van der Waals surface area (Å²) in [5.74, 6) is 0.868. The molecule has 1 aliphatic rings. The van der Waals surface area contributed by atoms with Crippen LogP contribution in [0.2, 0.25) is 0 Å². The molecule has 1 unspecified atom stereocenters. The summed E-state index contributed by atoms with van der Waals surface area (Å²) in [5, 5.41) is 6.57. The monoisotopic (exact) mass is 245 g/mol. The smallest absolute Gasteiger partial charge is 0.0917 e. The molecule has 1 atom stereocenters.